The summed E-state index contributed by atoms with van der Waals surface area (Å²) in [6, 6.07) is 6.10. The highest BCUT2D eigenvalue weighted by Crippen LogP contribution is 2.25. The lowest BCUT2D eigenvalue weighted by Crippen LogP contribution is -2.39. The predicted octanol–water partition coefficient (Wildman–Crippen LogP) is 3.14. The lowest BCUT2D eigenvalue weighted by molar-refractivity contribution is 0.0691. The van der Waals surface area contributed by atoms with Crippen LogP contribution in [0.5, 0.6) is 0 Å². The van der Waals surface area contributed by atoms with Crippen molar-refractivity contribution in [3.8, 4) is 0 Å². The van der Waals surface area contributed by atoms with Gasteiger partial charge >= 0.3 is 0 Å². The number of amides is 1. The third kappa shape index (κ3) is 3.44. The first-order valence-corrected chi connectivity index (χ1v) is 9.54. The number of carbonyl (C=O) groups excluding carboxylic acids is 1. The van der Waals surface area contributed by atoms with Gasteiger partial charge in [0.25, 0.3) is 5.91 Å². The molecule has 1 amide bonds. The van der Waals surface area contributed by atoms with Gasteiger partial charge in [-0.25, -0.2) is 9.50 Å². The van der Waals surface area contributed by atoms with Gasteiger partial charge in [0.05, 0.1) is 5.69 Å². The van der Waals surface area contributed by atoms with E-state index in [0.717, 1.165) is 49.4 Å². The minimum atomic E-state index is 0.0554. The van der Waals surface area contributed by atoms with Gasteiger partial charge in [-0.3, -0.25) is 9.78 Å². The number of aromatic nitrogens is 4. The molecule has 0 aliphatic carbocycles. The first-order valence-electron chi connectivity index (χ1n) is 9.54. The normalized spacial score (nSPS) is 15.4. The summed E-state index contributed by atoms with van der Waals surface area (Å²) >= 11 is 0. The third-order valence-electron chi connectivity index (χ3n) is 5.43. The molecular formula is C21H25N5O. The summed E-state index contributed by atoms with van der Waals surface area (Å²) in [4.78, 5) is 24.0. The number of pyridine rings is 1. The molecule has 0 aromatic carbocycles. The Morgan fingerprint density at radius 3 is 2.70 bits per heavy atom. The maximum atomic E-state index is 13.2. The molecule has 3 aromatic rings. The fourth-order valence-corrected chi connectivity index (χ4v) is 4.03. The molecular weight excluding hydrogens is 338 g/mol. The van der Waals surface area contributed by atoms with Crippen molar-refractivity contribution in [2.75, 3.05) is 13.1 Å². The molecule has 4 heterocycles. The Kier molecular flexibility index (Phi) is 4.64. The van der Waals surface area contributed by atoms with E-state index < -0.39 is 0 Å². The Bertz CT molecular complexity index is 971. The Morgan fingerprint density at radius 2 is 2.00 bits per heavy atom. The highest BCUT2D eigenvalue weighted by Gasteiger charge is 2.28. The molecule has 0 unspecified atom stereocenters. The monoisotopic (exact) mass is 363 g/mol. The molecule has 0 spiro atoms. The van der Waals surface area contributed by atoms with Crippen LogP contribution in [-0.4, -0.2) is 43.5 Å². The van der Waals surface area contributed by atoms with Crippen LogP contribution in [0.2, 0.25) is 0 Å². The summed E-state index contributed by atoms with van der Waals surface area (Å²) in [5.74, 6) is 0.658. The average molecular weight is 363 g/mol. The van der Waals surface area contributed by atoms with E-state index in [2.05, 4.69) is 21.1 Å². The number of rotatable bonds is 3. The van der Waals surface area contributed by atoms with E-state index in [0.29, 0.717) is 17.1 Å². The van der Waals surface area contributed by atoms with Crippen molar-refractivity contribution in [3.05, 3.63) is 58.8 Å². The van der Waals surface area contributed by atoms with Gasteiger partial charge in [0.1, 0.15) is 5.56 Å². The van der Waals surface area contributed by atoms with Crippen LogP contribution < -0.4 is 0 Å². The number of likely N-dealkylation sites (tertiary alicyclic amines) is 1. The summed E-state index contributed by atoms with van der Waals surface area (Å²) in [6.07, 6.45) is 6.82. The van der Waals surface area contributed by atoms with Crippen LogP contribution in [0.3, 0.4) is 0 Å². The molecule has 1 aliphatic heterocycles. The smallest absolute Gasteiger partial charge is 0.259 e. The van der Waals surface area contributed by atoms with Gasteiger partial charge < -0.3 is 4.90 Å². The molecule has 27 heavy (non-hydrogen) atoms. The van der Waals surface area contributed by atoms with Crippen molar-refractivity contribution in [2.45, 2.75) is 40.0 Å². The van der Waals surface area contributed by atoms with E-state index in [9.17, 15) is 4.79 Å². The predicted molar refractivity (Wildman–Crippen MR) is 104 cm³/mol. The topological polar surface area (TPSA) is 63.4 Å². The molecule has 1 saturated heterocycles. The Morgan fingerprint density at radius 1 is 1.22 bits per heavy atom. The van der Waals surface area contributed by atoms with Crippen LogP contribution in [-0.2, 0) is 6.42 Å². The Balaban J connectivity index is 1.50. The van der Waals surface area contributed by atoms with E-state index >= 15 is 0 Å². The van der Waals surface area contributed by atoms with Gasteiger partial charge in [-0.15, -0.1) is 0 Å². The van der Waals surface area contributed by atoms with Crippen LogP contribution in [0.15, 0.2) is 30.6 Å². The number of hydrogen-bond acceptors (Lipinski definition) is 4. The van der Waals surface area contributed by atoms with Crippen LogP contribution in [0.4, 0.5) is 0 Å². The number of hydrogen-bond donors (Lipinski definition) is 0. The number of carbonyl (C=O) groups is 1. The fraction of sp³-hybridized carbons (Fsp3) is 0.429. The second-order valence-electron chi connectivity index (χ2n) is 7.54. The van der Waals surface area contributed by atoms with Gasteiger partial charge in [0, 0.05) is 36.9 Å². The number of nitrogens with zero attached hydrogens (tertiary/aromatic N) is 5. The third-order valence-corrected chi connectivity index (χ3v) is 5.43. The van der Waals surface area contributed by atoms with E-state index in [-0.39, 0.29) is 5.91 Å². The van der Waals surface area contributed by atoms with Gasteiger partial charge in [0.15, 0.2) is 5.65 Å². The quantitative estimate of drug-likeness (QED) is 0.717. The van der Waals surface area contributed by atoms with Crippen LogP contribution in [0.1, 0.15) is 45.8 Å². The van der Waals surface area contributed by atoms with Crippen molar-refractivity contribution >= 4 is 11.6 Å². The van der Waals surface area contributed by atoms with Crippen LogP contribution >= 0.6 is 0 Å². The summed E-state index contributed by atoms with van der Waals surface area (Å²) in [5, 5.41) is 4.54. The minimum Gasteiger partial charge on any atom is -0.338 e. The summed E-state index contributed by atoms with van der Waals surface area (Å²) in [5.41, 5.74) is 5.24. The summed E-state index contributed by atoms with van der Waals surface area (Å²) in [7, 11) is 0. The maximum Gasteiger partial charge on any atom is 0.259 e. The summed E-state index contributed by atoms with van der Waals surface area (Å²) < 4.78 is 1.78. The van der Waals surface area contributed by atoms with Gasteiger partial charge in [-0.1, -0.05) is 6.07 Å². The molecule has 140 valence electrons. The van der Waals surface area contributed by atoms with E-state index in [1.807, 2.05) is 44.0 Å². The van der Waals surface area contributed by atoms with E-state index in [4.69, 9.17) is 0 Å². The molecule has 0 radical (unpaired) electrons. The fourth-order valence-electron chi connectivity index (χ4n) is 4.03. The van der Waals surface area contributed by atoms with Crippen molar-refractivity contribution in [1.82, 2.24) is 24.5 Å². The molecule has 3 aromatic heterocycles. The summed E-state index contributed by atoms with van der Waals surface area (Å²) in [6.45, 7) is 7.41. The van der Waals surface area contributed by atoms with Crippen molar-refractivity contribution in [3.63, 3.8) is 0 Å². The Hall–Kier alpha value is -2.76. The molecule has 0 bridgehead atoms. The number of aryl methyl sites for hydroxylation is 3. The minimum absolute atomic E-state index is 0.0554. The molecule has 0 saturated carbocycles. The molecule has 0 atom stereocenters. The van der Waals surface area contributed by atoms with Crippen LogP contribution in [0, 0.1) is 26.7 Å². The van der Waals surface area contributed by atoms with Crippen molar-refractivity contribution < 1.29 is 4.79 Å². The maximum absolute atomic E-state index is 13.2. The second kappa shape index (κ2) is 7.10. The molecule has 0 N–H and O–H groups in total. The van der Waals surface area contributed by atoms with Crippen LogP contribution in [0.25, 0.3) is 5.65 Å². The number of piperidine rings is 1. The first-order chi connectivity index (χ1) is 13.0. The second-order valence-corrected chi connectivity index (χ2v) is 7.54. The van der Waals surface area contributed by atoms with E-state index in [1.54, 1.807) is 10.7 Å². The van der Waals surface area contributed by atoms with Crippen molar-refractivity contribution in [2.24, 2.45) is 5.92 Å². The van der Waals surface area contributed by atoms with Gasteiger partial charge in [-0.2, -0.15) is 5.10 Å². The van der Waals surface area contributed by atoms with Gasteiger partial charge in [0.2, 0.25) is 0 Å². The van der Waals surface area contributed by atoms with E-state index in [1.165, 1.54) is 5.56 Å². The highest BCUT2D eigenvalue weighted by molar-refractivity contribution is 6.01. The SMILES string of the molecule is Cc1cc(C)n2nc(C)c(C(=O)N3CCC(Cc4cccnc4)CC3)c2n1. The molecule has 6 heteroatoms. The van der Waals surface area contributed by atoms with Crippen molar-refractivity contribution in [1.29, 1.82) is 0 Å². The standard InChI is InChI=1S/C21H25N5O/c1-14-11-15(2)26-20(23-14)19(16(3)24-26)21(27)25-9-6-17(7-10-25)12-18-5-4-8-22-13-18/h4-5,8,11,13,17H,6-7,9-10,12H2,1-3H3. The molecule has 1 fully saturated rings. The number of fused-ring (bicyclic) bond motifs is 1. The zero-order chi connectivity index (χ0) is 19.0. The Labute approximate surface area is 159 Å². The first kappa shape index (κ1) is 17.6. The largest absolute Gasteiger partial charge is 0.338 e. The zero-order valence-electron chi connectivity index (χ0n) is 16.1. The molecule has 1 aliphatic rings. The highest BCUT2D eigenvalue weighted by atomic mass is 16.2. The molecule has 6 nitrogen and oxygen atoms in total. The molecule has 4 rings (SSSR count). The lowest BCUT2D eigenvalue weighted by Gasteiger charge is -2.32. The van der Waals surface area contributed by atoms with Gasteiger partial charge in [-0.05, 0) is 63.6 Å². The lowest BCUT2D eigenvalue weighted by atomic mass is 9.90. The zero-order valence-corrected chi connectivity index (χ0v) is 16.1. The average Bonchev–Trinajstić information content (AvgIpc) is 2.99.